The van der Waals surface area contributed by atoms with Crippen molar-refractivity contribution in [1.82, 2.24) is 19.5 Å². The van der Waals surface area contributed by atoms with Gasteiger partial charge in [-0.05, 0) is 64.7 Å². The van der Waals surface area contributed by atoms with Crippen LogP contribution in [0.5, 0.6) is 0 Å². The smallest absolute Gasteiger partial charge is 0.164 e. The third kappa shape index (κ3) is 4.56. The van der Waals surface area contributed by atoms with Gasteiger partial charge in [0.25, 0.3) is 0 Å². The van der Waals surface area contributed by atoms with Crippen molar-refractivity contribution in [3.63, 3.8) is 0 Å². The highest BCUT2D eigenvalue weighted by Gasteiger charge is 2.38. The van der Waals surface area contributed by atoms with Gasteiger partial charge in [-0.25, -0.2) is 15.0 Å². The van der Waals surface area contributed by atoms with Gasteiger partial charge in [0.15, 0.2) is 23.1 Å². The van der Waals surface area contributed by atoms with Gasteiger partial charge in [-0.2, -0.15) is 0 Å². The summed E-state index contributed by atoms with van der Waals surface area (Å²) < 4.78 is 15.6. The lowest BCUT2D eigenvalue weighted by Crippen LogP contribution is -2.15. The van der Waals surface area contributed by atoms with E-state index in [0.29, 0.717) is 17.5 Å². The van der Waals surface area contributed by atoms with E-state index in [1.165, 1.54) is 33.0 Å². The van der Waals surface area contributed by atoms with Crippen molar-refractivity contribution in [2.75, 3.05) is 0 Å². The summed E-state index contributed by atoms with van der Waals surface area (Å²) in [6, 6.07) is 59.2. The van der Waals surface area contributed by atoms with Crippen LogP contribution in [0.2, 0.25) is 0 Å². The highest BCUT2D eigenvalue weighted by atomic mass is 16.3. The highest BCUT2D eigenvalue weighted by Crippen LogP contribution is 2.53. The minimum absolute atomic E-state index is 0.166. The Bertz CT molecular complexity index is 3760. The molecule has 0 atom stereocenters. The third-order valence-electron chi connectivity index (χ3n) is 12.6. The maximum Gasteiger partial charge on any atom is 0.164 e. The number of aromatic nitrogens is 4. The van der Waals surface area contributed by atoms with Crippen LogP contribution in [-0.4, -0.2) is 19.5 Å². The number of rotatable bonds is 4. The van der Waals surface area contributed by atoms with Crippen LogP contribution in [0.25, 0.3) is 117 Å². The fourth-order valence-corrected chi connectivity index (χ4v) is 9.99. The Labute approximate surface area is 344 Å². The average Bonchev–Trinajstić information content (AvgIpc) is 4.03. The second kappa shape index (κ2) is 12.1. The number of benzene rings is 8. The lowest BCUT2D eigenvalue weighted by molar-refractivity contribution is 0.665. The molecule has 6 nitrogen and oxygen atoms in total. The van der Waals surface area contributed by atoms with Crippen molar-refractivity contribution in [3.05, 3.63) is 181 Å². The monoisotopic (exact) mass is 770 g/mol. The molecule has 8 aromatic carbocycles. The van der Waals surface area contributed by atoms with Crippen molar-refractivity contribution in [2.24, 2.45) is 0 Å². The van der Waals surface area contributed by atoms with E-state index in [1.807, 2.05) is 66.7 Å². The van der Waals surface area contributed by atoms with Crippen molar-refractivity contribution in [2.45, 2.75) is 19.3 Å². The van der Waals surface area contributed by atoms with Gasteiger partial charge >= 0.3 is 0 Å². The van der Waals surface area contributed by atoms with Gasteiger partial charge in [-0.15, -0.1) is 0 Å². The number of hydrogen-bond donors (Lipinski definition) is 0. The fraction of sp³-hybridized carbons (Fsp3) is 0.0556. The molecule has 13 rings (SSSR count). The van der Waals surface area contributed by atoms with E-state index in [1.54, 1.807) is 0 Å². The molecule has 0 saturated heterocycles. The molecule has 0 amide bonds. The molecule has 282 valence electrons. The molecule has 0 fully saturated rings. The van der Waals surface area contributed by atoms with Crippen LogP contribution in [0.4, 0.5) is 0 Å². The Hall–Kier alpha value is -7.83. The van der Waals surface area contributed by atoms with E-state index in [-0.39, 0.29) is 5.41 Å². The van der Waals surface area contributed by atoms with Crippen LogP contribution in [0.3, 0.4) is 0 Å². The van der Waals surface area contributed by atoms with E-state index in [0.717, 1.165) is 77.3 Å². The summed E-state index contributed by atoms with van der Waals surface area (Å²) in [4.78, 5) is 15.4. The maximum atomic E-state index is 6.95. The van der Waals surface area contributed by atoms with Crippen molar-refractivity contribution < 1.29 is 8.83 Å². The zero-order valence-electron chi connectivity index (χ0n) is 32.8. The summed E-state index contributed by atoms with van der Waals surface area (Å²) in [7, 11) is 0. The Kier molecular flexibility index (Phi) is 6.69. The van der Waals surface area contributed by atoms with Crippen molar-refractivity contribution in [3.8, 4) is 51.0 Å². The van der Waals surface area contributed by atoms with E-state index in [2.05, 4.69) is 122 Å². The summed E-state index contributed by atoms with van der Waals surface area (Å²) in [5.41, 5.74) is 14.3. The van der Waals surface area contributed by atoms with E-state index in [4.69, 9.17) is 23.8 Å². The standard InChI is InChI=1S/C54H34N4O2/c1-54(2)40-21-9-6-16-33(40)36-28-29-42-48(49(36)54)37-18-7-10-22-41(37)58(42)43-23-12-19-38-47-39(20-13-25-45(47)60-50(38)43)53-56-51(31-14-4-3-5-15-31)55-52(57-53)32-26-27-35-34-17-8-11-24-44(34)59-46(35)30-32/h3-30H,1-2H3. The Morgan fingerprint density at radius 2 is 1.12 bits per heavy atom. The normalized spacial score (nSPS) is 13.3. The summed E-state index contributed by atoms with van der Waals surface area (Å²) in [5, 5.41) is 6.59. The zero-order chi connectivity index (χ0) is 39.7. The van der Waals surface area contributed by atoms with Gasteiger partial charge in [-0.3, -0.25) is 0 Å². The lowest BCUT2D eigenvalue weighted by Gasteiger charge is -2.22. The van der Waals surface area contributed by atoms with Crippen molar-refractivity contribution >= 4 is 65.7 Å². The maximum absolute atomic E-state index is 6.95. The molecular weight excluding hydrogens is 737 g/mol. The number of furan rings is 2. The first-order chi connectivity index (χ1) is 29.5. The number of hydrogen-bond acceptors (Lipinski definition) is 5. The molecule has 0 aliphatic heterocycles. The quantitative estimate of drug-likeness (QED) is 0.178. The Morgan fingerprint density at radius 3 is 2.02 bits per heavy atom. The molecule has 1 aliphatic carbocycles. The van der Waals surface area contributed by atoms with Gasteiger partial charge in [-0.1, -0.05) is 141 Å². The molecule has 1 aliphatic rings. The molecular formula is C54H34N4O2. The highest BCUT2D eigenvalue weighted by molar-refractivity contribution is 6.17. The first kappa shape index (κ1) is 33.2. The molecule has 0 spiro atoms. The lowest BCUT2D eigenvalue weighted by atomic mass is 9.80. The van der Waals surface area contributed by atoms with Crippen LogP contribution in [0.15, 0.2) is 179 Å². The topological polar surface area (TPSA) is 69.9 Å². The fourth-order valence-electron chi connectivity index (χ4n) is 9.99. The minimum Gasteiger partial charge on any atom is -0.456 e. The largest absolute Gasteiger partial charge is 0.456 e. The van der Waals surface area contributed by atoms with Crippen molar-refractivity contribution in [1.29, 1.82) is 0 Å². The Balaban J connectivity index is 1.04. The van der Waals surface area contributed by atoms with Gasteiger partial charge in [0.2, 0.25) is 0 Å². The van der Waals surface area contributed by atoms with Crippen LogP contribution in [-0.2, 0) is 5.41 Å². The minimum atomic E-state index is -0.166. The van der Waals surface area contributed by atoms with Crippen LogP contribution in [0, 0.1) is 0 Å². The molecule has 4 heterocycles. The van der Waals surface area contributed by atoms with Gasteiger partial charge < -0.3 is 13.4 Å². The van der Waals surface area contributed by atoms with Crippen LogP contribution in [0.1, 0.15) is 25.0 Å². The summed E-state index contributed by atoms with van der Waals surface area (Å²) in [6.07, 6.45) is 0. The molecule has 0 radical (unpaired) electrons. The summed E-state index contributed by atoms with van der Waals surface area (Å²) in [5.74, 6) is 1.72. The molecule has 4 aromatic heterocycles. The second-order valence-corrected chi connectivity index (χ2v) is 16.3. The SMILES string of the molecule is CC1(C)c2ccccc2-c2ccc3c(c21)c1ccccc1n3-c1cccc2c1oc1cccc(-c3nc(-c4ccccc4)nc(-c4ccc5c(c4)oc4ccccc45)n3)c12. The molecule has 0 unspecified atom stereocenters. The predicted molar refractivity (Wildman–Crippen MR) is 243 cm³/mol. The Morgan fingerprint density at radius 1 is 0.433 bits per heavy atom. The van der Waals surface area contributed by atoms with Gasteiger partial charge in [0.1, 0.15) is 16.7 Å². The summed E-state index contributed by atoms with van der Waals surface area (Å²) in [6.45, 7) is 4.72. The van der Waals surface area contributed by atoms with Gasteiger partial charge in [0.05, 0.1) is 16.7 Å². The zero-order valence-corrected chi connectivity index (χ0v) is 32.8. The van der Waals surface area contributed by atoms with Crippen LogP contribution >= 0.6 is 0 Å². The first-order valence-corrected chi connectivity index (χ1v) is 20.4. The van der Waals surface area contributed by atoms with Crippen LogP contribution < -0.4 is 0 Å². The average molecular weight is 771 g/mol. The molecule has 0 bridgehead atoms. The van der Waals surface area contributed by atoms with Gasteiger partial charge in [0, 0.05) is 54.4 Å². The van der Waals surface area contributed by atoms with E-state index in [9.17, 15) is 0 Å². The van der Waals surface area contributed by atoms with E-state index < -0.39 is 0 Å². The number of nitrogens with zero attached hydrogens (tertiary/aromatic N) is 4. The predicted octanol–water partition coefficient (Wildman–Crippen LogP) is 14.1. The number of para-hydroxylation sites is 3. The summed E-state index contributed by atoms with van der Waals surface area (Å²) >= 11 is 0. The third-order valence-corrected chi connectivity index (χ3v) is 12.6. The second-order valence-electron chi connectivity index (χ2n) is 16.3. The molecule has 0 N–H and O–H groups in total. The molecule has 60 heavy (non-hydrogen) atoms. The molecule has 12 aromatic rings. The first-order valence-electron chi connectivity index (χ1n) is 20.4. The molecule has 6 heteroatoms. The molecule has 0 saturated carbocycles. The van der Waals surface area contributed by atoms with E-state index >= 15 is 0 Å². The number of fused-ring (bicyclic) bond motifs is 13.